The molecule has 4 rings (SSSR count). The Bertz CT molecular complexity index is 1030. The molecule has 1 heterocycles. The predicted molar refractivity (Wildman–Crippen MR) is 114 cm³/mol. The smallest absolute Gasteiger partial charge is 0.274 e. The van der Waals surface area contributed by atoms with Gasteiger partial charge in [0.25, 0.3) is 12.3 Å². The van der Waals surface area contributed by atoms with E-state index >= 15 is 0 Å². The first-order chi connectivity index (χ1) is 14.5. The Morgan fingerprint density at radius 2 is 1.43 bits per heavy atom. The fraction of sp³-hybridized carbons (Fsp3) is 0.160. The minimum absolute atomic E-state index is 0.0565. The first kappa shape index (κ1) is 19.8. The molecule has 2 unspecified atom stereocenters. The van der Waals surface area contributed by atoms with Crippen LogP contribution in [0.5, 0.6) is 0 Å². The second-order valence-electron chi connectivity index (χ2n) is 7.28. The summed E-state index contributed by atoms with van der Waals surface area (Å²) in [5.74, 6) is -0.184. The summed E-state index contributed by atoms with van der Waals surface area (Å²) in [6, 6.07) is 25.1. The van der Waals surface area contributed by atoms with Crippen LogP contribution in [0.1, 0.15) is 42.1 Å². The van der Waals surface area contributed by atoms with Crippen LogP contribution in [0.2, 0.25) is 0 Å². The fourth-order valence-corrected chi connectivity index (χ4v) is 3.68. The molecule has 0 aromatic heterocycles. The predicted octanol–water partition coefficient (Wildman–Crippen LogP) is 5.95. The van der Waals surface area contributed by atoms with E-state index in [0.717, 1.165) is 11.1 Å². The van der Waals surface area contributed by atoms with Gasteiger partial charge in [-0.1, -0.05) is 72.8 Å². The summed E-state index contributed by atoms with van der Waals surface area (Å²) < 4.78 is 25.9. The summed E-state index contributed by atoms with van der Waals surface area (Å²) >= 11 is 0. The third-order valence-electron chi connectivity index (χ3n) is 5.29. The second-order valence-corrected chi connectivity index (χ2v) is 7.28. The number of nitrogens with one attached hydrogen (secondary N) is 1. The molecule has 0 aliphatic carbocycles. The van der Waals surface area contributed by atoms with Crippen molar-refractivity contribution in [2.75, 3.05) is 4.90 Å². The molecule has 30 heavy (non-hydrogen) atoms. The molecule has 5 heteroatoms. The molecule has 1 aliphatic rings. The Morgan fingerprint density at radius 1 is 0.833 bits per heavy atom. The highest BCUT2D eigenvalue weighted by Crippen LogP contribution is 2.36. The van der Waals surface area contributed by atoms with Crippen molar-refractivity contribution >= 4 is 11.6 Å². The van der Waals surface area contributed by atoms with Crippen LogP contribution >= 0.6 is 0 Å². The minimum atomic E-state index is -2.54. The summed E-state index contributed by atoms with van der Waals surface area (Å²) in [5, 5.41) is 3.32. The lowest BCUT2D eigenvalue weighted by Gasteiger charge is -2.26. The number of hydrogen-bond acceptors (Lipinski definition) is 2. The molecule has 0 radical (unpaired) electrons. The molecule has 0 bridgehead atoms. The van der Waals surface area contributed by atoms with Crippen LogP contribution in [0.15, 0.2) is 96.7 Å². The van der Waals surface area contributed by atoms with Gasteiger partial charge in [0.15, 0.2) is 0 Å². The monoisotopic (exact) mass is 404 g/mol. The zero-order valence-electron chi connectivity index (χ0n) is 16.5. The van der Waals surface area contributed by atoms with Gasteiger partial charge in [-0.3, -0.25) is 9.69 Å². The molecule has 3 nitrogen and oxygen atoms in total. The highest BCUT2D eigenvalue weighted by atomic mass is 19.3. The molecule has 1 N–H and O–H groups in total. The highest BCUT2D eigenvalue weighted by Gasteiger charge is 2.35. The van der Waals surface area contributed by atoms with Gasteiger partial charge < -0.3 is 5.32 Å². The molecule has 152 valence electrons. The van der Waals surface area contributed by atoms with E-state index in [2.05, 4.69) is 5.32 Å². The van der Waals surface area contributed by atoms with Gasteiger partial charge in [-0.25, -0.2) is 8.78 Å². The van der Waals surface area contributed by atoms with Crippen LogP contribution in [0.3, 0.4) is 0 Å². The van der Waals surface area contributed by atoms with Crippen LogP contribution in [0.4, 0.5) is 14.5 Å². The van der Waals surface area contributed by atoms with Crippen LogP contribution in [-0.2, 0) is 4.79 Å². The van der Waals surface area contributed by atoms with Gasteiger partial charge in [0.1, 0.15) is 0 Å². The third-order valence-corrected chi connectivity index (χ3v) is 5.29. The largest absolute Gasteiger partial charge is 0.374 e. The number of alkyl halides is 2. The Morgan fingerprint density at radius 3 is 2.03 bits per heavy atom. The summed E-state index contributed by atoms with van der Waals surface area (Å²) in [5.41, 5.74) is 3.04. The number of benzene rings is 3. The van der Waals surface area contributed by atoms with Crippen LogP contribution in [-0.4, -0.2) is 5.91 Å². The molecular weight excluding hydrogens is 382 g/mol. The maximum absolute atomic E-state index is 13.3. The molecule has 3 aromatic rings. The first-order valence-electron chi connectivity index (χ1n) is 9.84. The average Bonchev–Trinajstić information content (AvgIpc) is 3.11. The van der Waals surface area contributed by atoms with E-state index in [1.54, 1.807) is 17.0 Å². The third kappa shape index (κ3) is 3.96. The number of nitrogens with zero attached hydrogens (tertiary/aromatic N) is 1. The van der Waals surface area contributed by atoms with E-state index in [1.807, 2.05) is 73.7 Å². The van der Waals surface area contributed by atoms with Crippen LogP contribution in [0, 0.1) is 0 Å². The van der Waals surface area contributed by atoms with E-state index in [-0.39, 0.29) is 23.6 Å². The molecule has 0 fully saturated rings. The van der Waals surface area contributed by atoms with E-state index in [0.29, 0.717) is 11.4 Å². The van der Waals surface area contributed by atoms with Gasteiger partial charge in [0.05, 0.1) is 11.7 Å². The lowest BCUT2D eigenvalue weighted by Crippen LogP contribution is -2.33. The van der Waals surface area contributed by atoms with Gasteiger partial charge in [0.2, 0.25) is 0 Å². The molecule has 1 aliphatic heterocycles. The quantitative estimate of drug-likeness (QED) is 0.551. The Hall–Kier alpha value is -3.47. The van der Waals surface area contributed by atoms with Gasteiger partial charge in [-0.05, 0) is 36.3 Å². The van der Waals surface area contributed by atoms with E-state index in [1.165, 1.54) is 12.1 Å². The zero-order chi connectivity index (χ0) is 21.1. The number of amides is 1. The number of anilines is 1. The van der Waals surface area contributed by atoms with E-state index in [9.17, 15) is 13.6 Å². The number of carbonyl (C=O) groups is 1. The topological polar surface area (TPSA) is 32.3 Å². The molecule has 0 saturated heterocycles. The van der Waals surface area contributed by atoms with Crippen molar-refractivity contribution in [2.24, 2.45) is 0 Å². The summed E-state index contributed by atoms with van der Waals surface area (Å²) in [4.78, 5) is 15.0. The van der Waals surface area contributed by atoms with Crippen LogP contribution < -0.4 is 10.2 Å². The zero-order valence-corrected chi connectivity index (χ0v) is 16.5. The number of halogens is 2. The standard InChI is InChI=1S/C25H22F2N2O/c1-17(18-8-4-2-5-9-18)28-22-16-23(19-10-6-3-7-11-19)29(25(22)30)21-14-12-20(13-15-21)24(26)27/h2-17,23-24,28H,1H3. The molecule has 0 spiro atoms. The van der Waals surface area contributed by atoms with E-state index in [4.69, 9.17) is 0 Å². The second kappa shape index (κ2) is 8.49. The fourth-order valence-electron chi connectivity index (χ4n) is 3.68. The maximum atomic E-state index is 13.3. The summed E-state index contributed by atoms with van der Waals surface area (Å²) in [7, 11) is 0. The maximum Gasteiger partial charge on any atom is 0.274 e. The lowest BCUT2D eigenvalue weighted by atomic mass is 10.1. The molecule has 2 atom stereocenters. The minimum Gasteiger partial charge on any atom is -0.374 e. The van der Waals surface area contributed by atoms with Gasteiger partial charge in [-0.2, -0.15) is 0 Å². The number of rotatable bonds is 6. The van der Waals surface area contributed by atoms with Crippen molar-refractivity contribution < 1.29 is 13.6 Å². The summed E-state index contributed by atoms with van der Waals surface area (Å²) in [6.45, 7) is 2.00. The van der Waals surface area contributed by atoms with E-state index < -0.39 is 6.43 Å². The van der Waals surface area contributed by atoms with Gasteiger partial charge >= 0.3 is 0 Å². The van der Waals surface area contributed by atoms with Crippen molar-refractivity contribution in [1.82, 2.24) is 5.32 Å². The Labute approximate surface area is 174 Å². The van der Waals surface area contributed by atoms with Gasteiger partial charge in [-0.15, -0.1) is 0 Å². The van der Waals surface area contributed by atoms with Crippen molar-refractivity contribution in [3.8, 4) is 0 Å². The SMILES string of the molecule is CC(NC1=CC(c2ccccc2)N(c2ccc(C(F)F)cc2)C1=O)c1ccccc1. The Balaban J connectivity index is 1.66. The van der Waals surface area contributed by atoms with Gasteiger partial charge in [0, 0.05) is 17.3 Å². The van der Waals surface area contributed by atoms with Crippen molar-refractivity contribution in [3.05, 3.63) is 113 Å². The number of carbonyl (C=O) groups excluding carboxylic acids is 1. The highest BCUT2D eigenvalue weighted by molar-refractivity contribution is 6.08. The van der Waals surface area contributed by atoms with Crippen molar-refractivity contribution in [1.29, 1.82) is 0 Å². The normalized spacial score (nSPS) is 17.2. The average molecular weight is 404 g/mol. The molecular formula is C25H22F2N2O. The first-order valence-corrected chi connectivity index (χ1v) is 9.84. The Kier molecular flexibility index (Phi) is 5.61. The number of hydrogen-bond donors (Lipinski definition) is 1. The molecule has 1 amide bonds. The van der Waals surface area contributed by atoms with Crippen molar-refractivity contribution in [3.63, 3.8) is 0 Å². The summed E-state index contributed by atoms with van der Waals surface area (Å²) in [6.07, 6.45) is -0.640. The lowest BCUT2D eigenvalue weighted by molar-refractivity contribution is -0.115. The molecule has 3 aromatic carbocycles. The van der Waals surface area contributed by atoms with Crippen LogP contribution in [0.25, 0.3) is 0 Å². The van der Waals surface area contributed by atoms with Crippen molar-refractivity contribution in [2.45, 2.75) is 25.4 Å². The molecule has 0 saturated carbocycles.